The maximum atomic E-state index is 12.9. The molecule has 0 bridgehead atoms. The van der Waals surface area contributed by atoms with Crippen LogP contribution in [0.5, 0.6) is 0 Å². The van der Waals surface area contributed by atoms with Crippen molar-refractivity contribution in [1.29, 1.82) is 0 Å². The van der Waals surface area contributed by atoms with Gasteiger partial charge in [0.25, 0.3) is 5.56 Å². The minimum absolute atomic E-state index is 0.226. The zero-order chi connectivity index (χ0) is 21.1. The SMILES string of the molecule is CCOC(=O)c1ccccc1NC(=O)Cn1cnc2nc3c(cc2c1=O)CCCC3. The molecule has 0 radical (unpaired) electrons. The van der Waals surface area contributed by atoms with Crippen LogP contribution in [0.2, 0.25) is 0 Å². The smallest absolute Gasteiger partial charge is 0.340 e. The van der Waals surface area contributed by atoms with Crippen LogP contribution in [0.25, 0.3) is 11.0 Å². The summed E-state index contributed by atoms with van der Waals surface area (Å²) >= 11 is 0. The first kappa shape index (κ1) is 19.8. The Morgan fingerprint density at radius 3 is 2.83 bits per heavy atom. The van der Waals surface area contributed by atoms with Gasteiger partial charge in [0, 0.05) is 5.69 Å². The number of pyridine rings is 1. The summed E-state index contributed by atoms with van der Waals surface area (Å²) in [5, 5.41) is 3.10. The molecule has 1 N–H and O–H groups in total. The maximum absolute atomic E-state index is 12.9. The predicted molar refractivity (Wildman–Crippen MR) is 111 cm³/mol. The molecule has 1 aliphatic carbocycles. The lowest BCUT2D eigenvalue weighted by Crippen LogP contribution is -2.29. The number of aryl methyl sites for hydroxylation is 2. The molecule has 0 aliphatic heterocycles. The first-order chi connectivity index (χ1) is 14.6. The summed E-state index contributed by atoms with van der Waals surface area (Å²) in [6.45, 7) is 1.72. The van der Waals surface area contributed by atoms with E-state index < -0.39 is 11.9 Å². The average Bonchev–Trinajstić information content (AvgIpc) is 2.75. The second-order valence-electron chi connectivity index (χ2n) is 7.16. The van der Waals surface area contributed by atoms with Crippen LogP contribution in [-0.4, -0.2) is 33.0 Å². The number of hydrogen-bond acceptors (Lipinski definition) is 6. The van der Waals surface area contributed by atoms with Crippen LogP contribution in [0.3, 0.4) is 0 Å². The Kier molecular flexibility index (Phi) is 5.56. The third-order valence-electron chi connectivity index (χ3n) is 5.10. The number of benzene rings is 1. The average molecular weight is 406 g/mol. The fourth-order valence-corrected chi connectivity index (χ4v) is 3.65. The van der Waals surface area contributed by atoms with Gasteiger partial charge in [-0.15, -0.1) is 0 Å². The second kappa shape index (κ2) is 8.44. The molecule has 0 fully saturated rings. The van der Waals surface area contributed by atoms with Crippen molar-refractivity contribution in [3.05, 3.63) is 63.8 Å². The normalized spacial score (nSPS) is 13.0. The van der Waals surface area contributed by atoms with Crippen LogP contribution in [0, 0.1) is 0 Å². The number of carbonyl (C=O) groups is 2. The summed E-state index contributed by atoms with van der Waals surface area (Å²) < 4.78 is 6.27. The van der Waals surface area contributed by atoms with Gasteiger partial charge in [-0.3, -0.25) is 14.2 Å². The molecule has 1 aliphatic rings. The molecular formula is C22H22N4O4. The summed E-state index contributed by atoms with van der Waals surface area (Å²) in [5.74, 6) is -0.963. The van der Waals surface area contributed by atoms with Gasteiger partial charge in [0.15, 0.2) is 5.65 Å². The van der Waals surface area contributed by atoms with Crippen LogP contribution in [0.15, 0.2) is 41.5 Å². The zero-order valence-corrected chi connectivity index (χ0v) is 16.7. The summed E-state index contributed by atoms with van der Waals surface area (Å²) in [6, 6.07) is 8.44. The lowest BCUT2D eigenvalue weighted by atomic mass is 9.95. The Bertz CT molecular complexity index is 1190. The van der Waals surface area contributed by atoms with Crippen molar-refractivity contribution in [3.63, 3.8) is 0 Å². The molecule has 2 heterocycles. The molecule has 0 saturated carbocycles. The number of amides is 1. The van der Waals surface area contributed by atoms with Gasteiger partial charge in [-0.1, -0.05) is 12.1 Å². The molecule has 1 amide bonds. The van der Waals surface area contributed by atoms with E-state index in [1.54, 1.807) is 31.2 Å². The van der Waals surface area contributed by atoms with Crippen molar-refractivity contribution in [1.82, 2.24) is 14.5 Å². The highest BCUT2D eigenvalue weighted by molar-refractivity contribution is 6.01. The van der Waals surface area contributed by atoms with Crippen LogP contribution in [0.4, 0.5) is 5.69 Å². The number of hydrogen-bond donors (Lipinski definition) is 1. The van der Waals surface area contributed by atoms with E-state index in [-0.39, 0.29) is 24.3 Å². The van der Waals surface area contributed by atoms with Gasteiger partial charge < -0.3 is 10.1 Å². The highest BCUT2D eigenvalue weighted by atomic mass is 16.5. The van der Waals surface area contributed by atoms with Crippen LogP contribution >= 0.6 is 0 Å². The van der Waals surface area contributed by atoms with Crippen LogP contribution < -0.4 is 10.9 Å². The number of rotatable bonds is 5. The van der Waals surface area contributed by atoms with Gasteiger partial charge in [0.05, 0.1) is 23.2 Å². The number of fused-ring (bicyclic) bond motifs is 2. The molecule has 8 heteroatoms. The Morgan fingerprint density at radius 2 is 2.00 bits per heavy atom. The van der Waals surface area contributed by atoms with Crippen LogP contribution in [0.1, 0.15) is 41.4 Å². The van der Waals surface area contributed by atoms with E-state index in [4.69, 9.17) is 4.74 Å². The van der Waals surface area contributed by atoms with Gasteiger partial charge in [-0.2, -0.15) is 0 Å². The first-order valence-corrected chi connectivity index (χ1v) is 10.0. The fraction of sp³-hybridized carbons (Fsp3) is 0.318. The number of anilines is 1. The molecule has 0 unspecified atom stereocenters. The molecule has 0 spiro atoms. The van der Waals surface area contributed by atoms with Gasteiger partial charge >= 0.3 is 5.97 Å². The monoisotopic (exact) mass is 406 g/mol. The Balaban J connectivity index is 1.58. The number of ether oxygens (including phenoxy) is 1. The molecule has 30 heavy (non-hydrogen) atoms. The van der Waals surface area contributed by atoms with E-state index in [0.29, 0.717) is 16.7 Å². The van der Waals surface area contributed by atoms with Gasteiger partial charge in [-0.05, 0) is 56.4 Å². The summed E-state index contributed by atoms with van der Waals surface area (Å²) in [7, 11) is 0. The van der Waals surface area contributed by atoms with Crippen molar-refractivity contribution in [2.75, 3.05) is 11.9 Å². The highest BCUT2D eigenvalue weighted by Gasteiger charge is 2.17. The molecule has 4 rings (SSSR count). The van der Waals surface area contributed by atoms with E-state index >= 15 is 0 Å². The largest absolute Gasteiger partial charge is 0.462 e. The molecular weight excluding hydrogens is 384 g/mol. The van der Waals surface area contributed by atoms with Crippen molar-refractivity contribution in [2.45, 2.75) is 39.2 Å². The van der Waals surface area contributed by atoms with E-state index in [0.717, 1.165) is 36.9 Å². The van der Waals surface area contributed by atoms with Gasteiger partial charge in [0.2, 0.25) is 5.91 Å². The molecule has 2 aromatic heterocycles. The third kappa shape index (κ3) is 3.94. The van der Waals surface area contributed by atoms with E-state index in [9.17, 15) is 14.4 Å². The predicted octanol–water partition coefficient (Wildman–Crippen LogP) is 2.49. The van der Waals surface area contributed by atoms with Crippen molar-refractivity contribution >= 4 is 28.6 Å². The molecule has 3 aromatic rings. The topological polar surface area (TPSA) is 103 Å². The van der Waals surface area contributed by atoms with Gasteiger partial charge in [-0.25, -0.2) is 14.8 Å². The molecule has 0 saturated heterocycles. The van der Waals surface area contributed by atoms with Crippen molar-refractivity contribution in [2.24, 2.45) is 0 Å². The summed E-state index contributed by atoms with van der Waals surface area (Å²) in [6.07, 6.45) is 5.31. The number of para-hydroxylation sites is 1. The molecule has 1 aromatic carbocycles. The molecule has 8 nitrogen and oxygen atoms in total. The summed E-state index contributed by atoms with van der Waals surface area (Å²) in [4.78, 5) is 46.4. The Hall–Kier alpha value is -3.55. The highest BCUT2D eigenvalue weighted by Crippen LogP contribution is 2.21. The number of carbonyl (C=O) groups excluding carboxylic acids is 2. The van der Waals surface area contributed by atoms with Crippen molar-refractivity contribution in [3.8, 4) is 0 Å². The molecule has 0 atom stereocenters. The lowest BCUT2D eigenvalue weighted by Gasteiger charge is -2.15. The number of nitrogens with zero attached hydrogens (tertiary/aromatic N) is 3. The third-order valence-corrected chi connectivity index (χ3v) is 5.10. The fourth-order valence-electron chi connectivity index (χ4n) is 3.65. The van der Waals surface area contributed by atoms with E-state index in [1.807, 2.05) is 6.07 Å². The number of aromatic nitrogens is 3. The number of esters is 1. The lowest BCUT2D eigenvalue weighted by molar-refractivity contribution is -0.116. The quantitative estimate of drug-likeness (QED) is 0.653. The van der Waals surface area contributed by atoms with E-state index in [1.165, 1.54) is 10.9 Å². The Morgan fingerprint density at radius 1 is 1.20 bits per heavy atom. The van der Waals surface area contributed by atoms with E-state index in [2.05, 4.69) is 15.3 Å². The summed E-state index contributed by atoms with van der Waals surface area (Å²) in [5.41, 5.74) is 2.77. The second-order valence-corrected chi connectivity index (χ2v) is 7.16. The first-order valence-electron chi connectivity index (χ1n) is 10.0. The Labute approximate surface area is 172 Å². The zero-order valence-electron chi connectivity index (χ0n) is 16.7. The van der Waals surface area contributed by atoms with Gasteiger partial charge in [0.1, 0.15) is 12.9 Å². The molecule has 154 valence electrons. The van der Waals surface area contributed by atoms with Crippen molar-refractivity contribution < 1.29 is 14.3 Å². The maximum Gasteiger partial charge on any atom is 0.340 e. The minimum Gasteiger partial charge on any atom is -0.462 e. The standard InChI is InChI=1S/C22H22N4O4/c1-2-30-22(29)15-8-4-6-10-18(15)24-19(27)12-26-13-23-20-16(21(26)28)11-14-7-3-5-9-17(14)25-20/h4,6,8,10-11,13H,2-3,5,7,9,12H2,1H3,(H,24,27). The number of nitrogens with one attached hydrogen (secondary N) is 1. The van der Waals surface area contributed by atoms with Crippen LogP contribution in [-0.2, 0) is 28.9 Å². The minimum atomic E-state index is -0.520.